The number of nitrogens with one attached hydrogen (secondary N) is 1. The van der Waals surface area contributed by atoms with Gasteiger partial charge in [-0.1, -0.05) is 26.0 Å². The number of phenolic OH excluding ortho intramolecular Hbond substituents is 1. The maximum Gasteiger partial charge on any atom is 0.346 e. The van der Waals surface area contributed by atoms with Gasteiger partial charge in [-0.25, -0.2) is 9.78 Å². The molecule has 0 aliphatic carbocycles. The number of nitrogens with zero attached hydrogens (tertiary/aromatic N) is 1. The molecule has 5 rings (SSSR count). The van der Waals surface area contributed by atoms with Gasteiger partial charge in [0.2, 0.25) is 0 Å². The van der Waals surface area contributed by atoms with E-state index in [0.29, 0.717) is 28.3 Å². The van der Waals surface area contributed by atoms with Crippen LogP contribution in [0, 0.1) is 5.41 Å². The highest BCUT2D eigenvalue weighted by Crippen LogP contribution is 2.32. The van der Waals surface area contributed by atoms with E-state index in [9.17, 15) is 9.90 Å². The Morgan fingerprint density at radius 1 is 1.23 bits per heavy atom. The smallest absolute Gasteiger partial charge is 0.346 e. The summed E-state index contributed by atoms with van der Waals surface area (Å²) < 4.78 is 6.82. The number of quaternary nitrogens is 1. The third kappa shape index (κ3) is 3.50. The van der Waals surface area contributed by atoms with Crippen molar-refractivity contribution in [2.24, 2.45) is 5.41 Å². The number of likely N-dealkylation sites (tertiary alicyclic amines) is 1. The summed E-state index contributed by atoms with van der Waals surface area (Å²) in [6, 6.07) is 13.2. The molecule has 1 saturated heterocycles. The molecule has 2 aromatic carbocycles. The molecule has 1 aliphatic rings. The Balaban J connectivity index is 1.57. The lowest BCUT2D eigenvalue weighted by molar-refractivity contribution is -0.925. The Kier molecular flexibility index (Phi) is 4.64. The van der Waals surface area contributed by atoms with Crippen molar-refractivity contribution in [2.75, 3.05) is 13.1 Å². The molecule has 2 N–H and O–H groups in total. The van der Waals surface area contributed by atoms with E-state index in [0.717, 1.165) is 28.7 Å². The molecule has 154 valence electrons. The van der Waals surface area contributed by atoms with Gasteiger partial charge in [0.05, 0.1) is 34.4 Å². The van der Waals surface area contributed by atoms with Gasteiger partial charge in [0.1, 0.15) is 17.3 Å². The third-order valence-corrected chi connectivity index (χ3v) is 7.11. The molecule has 0 bridgehead atoms. The van der Waals surface area contributed by atoms with E-state index in [1.54, 1.807) is 6.07 Å². The van der Waals surface area contributed by atoms with Gasteiger partial charge in [0.15, 0.2) is 5.58 Å². The molecule has 0 radical (unpaired) electrons. The average Bonchev–Trinajstić information content (AvgIpc) is 3.13. The van der Waals surface area contributed by atoms with Gasteiger partial charge in [0, 0.05) is 10.8 Å². The Labute approximate surface area is 178 Å². The van der Waals surface area contributed by atoms with Crippen molar-refractivity contribution in [3.05, 3.63) is 58.4 Å². The SMILES string of the molecule is CC1(C)CCC[NH+](Cc2c(O)ccc3cc(-c4nc5ccccc5s4)c(=O)oc23)C1. The Bertz CT molecular complexity index is 1270. The lowest BCUT2D eigenvalue weighted by Crippen LogP contribution is -3.13. The molecule has 3 heterocycles. The van der Waals surface area contributed by atoms with Crippen LogP contribution in [0.3, 0.4) is 0 Å². The lowest BCUT2D eigenvalue weighted by atomic mass is 9.84. The van der Waals surface area contributed by atoms with E-state index in [1.807, 2.05) is 36.4 Å². The van der Waals surface area contributed by atoms with Crippen molar-refractivity contribution in [2.45, 2.75) is 33.2 Å². The second-order valence-corrected chi connectivity index (χ2v) is 10.1. The molecule has 1 aliphatic heterocycles. The van der Waals surface area contributed by atoms with Crippen LogP contribution in [0.1, 0.15) is 32.3 Å². The maximum absolute atomic E-state index is 12.9. The fourth-order valence-electron chi connectivity index (χ4n) is 4.61. The average molecular weight is 422 g/mol. The summed E-state index contributed by atoms with van der Waals surface area (Å²) in [5.41, 5.74) is 2.41. The molecule has 1 atom stereocenters. The lowest BCUT2D eigenvalue weighted by Gasteiger charge is -2.35. The molecule has 0 amide bonds. The van der Waals surface area contributed by atoms with Gasteiger partial charge in [0.25, 0.3) is 0 Å². The second kappa shape index (κ2) is 7.22. The molecule has 1 unspecified atom stereocenters. The molecule has 4 aromatic rings. The number of phenols is 1. The van der Waals surface area contributed by atoms with Gasteiger partial charge in [-0.3, -0.25) is 0 Å². The number of hydrogen-bond acceptors (Lipinski definition) is 5. The first-order chi connectivity index (χ1) is 14.4. The monoisotopic (exact) mass is 421 g/mol. The third-order valence-electron chi connectivity index (χ3n) is 6.04. The first-order valence-corrected chi connectivity index (χ1v) is 11.2. The highest BCUT2D eigenvalue weighted by molar-refractivity contribution is 7.21. The van der Waals surface area contributed by atoms with Crippen molar-refractivity contribution >= 4 is 32.5 Å². The van der Waals surface area contributed by atoms with Crippen molar-refractivity contribution in [1.29, 1.82) is 0 Å². The predicted molar refractivity (Wildman–Crippen MR) is 120 cm³/mol. The van der Waals surface area contributed by atoms with Gasteiger partial charge in [-0.15, -0.1) is 11.3 Å². The number of aromatic hydroxyl groups is 1. The molecule has 1 fully saturated rings. The summed E-state index contributed by atoms with van der Waals surface area (Å²) in [7, 11) is 0. The summed E-state index contributed by atoms with van der Waals surface area (Å²) >= 11 is 1.48. The van der Waals surface area contributed by atoms with Crippen LogP contribution in [0.5, 0.6) is 5.75 Å². The maximum atomic E-state index is 12.9. The summed E-state index contributed by atoms with van der Waals surface area (Å²) in [5, 5.41) is 12.0. The van der Waals surface area contributed by atoms with Crippen molar-refractivity contribution in [1.82, 2.24) is 4.98 Å². The van der Waals surface area contributed by atoms with E-state index in [4.69, 9.17) is 4.42 Å². The summed E-state index contributed by atoms with van der Waals surface area (Å²) in [6.07, 6.45) is 2.39. The van der Waals surface area contributed by atoms with Crippen molar-refractivity contribution < 1.29 is 14.4 Å². The number of benzene rings is 2. The van der Waals surface area contributed by atoms with Crippen LogP contribution in [0.25, 0.3) is 31.8 Å². The van der Waals surface area contributed by atoms with Gasteiger partial charge >= 0.3 is 5.63 Å². The molecule has 6 heteroatoms. The number of para-hydroxylation sites is 1. The quantitative estimate of drug-likeness (QED) is 0.491. The second-order valence-electron chi connectivity index (χ2n) is 9.04. The first kappa shape index (κ1) is 19.3. The molecule has 30 heavy (non-hydrogen) atoms. The van der Waals surface area contributed by atoms with E-state index < -0.39 is 5.63 Å². The number of piperidine rings is 1. The van der Waals surface area contributed by atoms with E-state index >= 15 is 0 Å². The zero-order valence-electron chi connectivity index (χ0n) is 17.2. The van der Waals surface area contributed by atoms with Crippen LogP contribution in [0.15, 0.2) is 51.7 Å². The van der Waals surface area contributed by atoms with Crippen molar-refractivity contribution in [3.8, 4) is 16.3 Å². The van der Waals surface area contributed by atoms with Crippen molar-refractivity contribution in [3.63, 3.8) is 0 Å². The summed E-state index contributed by atoms with van der Waals surface area (Å²) in [5.74, 6) is 0.189. The van der Waals surface area contributed by atoms with Crippen LogP contribution in [-0.2, 0) is 6.54 Å². The summed E-state index contributed by atoms with van der Waals surface area (Å²) in [6.45, 7) is 7.33. The molecule has 0 spiro atoms. The number of fused-ring (bicyclic) bond motifs is 2. The topological polar surface area (TPSA) is 67.8 Å². The number of rotatable bonds is 3. The van der Waals surface area contributed by atoms with Gasteiger partial charge in [-0.05, 0) is 43.2 Å². The normalized spacial score (nSPS) is 18.8. The zero-order chi connectivity index (χ0) is 20.9. The fourth-order valence-corrected chi connectivity index (χ4v) is 5.58. The van der Waals surface area contributed by atoms with E-state index in [2.05, 4.69) is 18.8 Å². The molecular formula is C24H25N2O3S+. The molecule has 0 saturated carbocycles. The Morgan fingerprint density at radius 2 is 2.07 bits per heavy atom. The highest BCUT2D eigenvalue weighted by atomic mass is 32.1. The fraction of sp³-hybridized carbons (Fsp3) is 0.333. The largest absolute Gasteiger partial charge is 0.507 e. The van der Waals surface area contributed by atoms with Gasteiger partial charge in [-0.2, -0.15) is 0 Å². The molecule has 2 aromatic heterocycles. The first-order valence-electron chi connectivity index (χ1n) is 10.4. The van der Waals surface area contributed by atoms with Crippen LogP contribution in [-0.4, -0.2) is 23.2 Å². The Hall–Kier alpha value is -2.70. The minimum Gasteiger partial charge on any atom is -0.507 e. The van der Waals surface area contributed by atoms with E-state index in [1.165, 1.54) is 29.1 Å². The highest BCUT2D eigenvalue weighted by Gasteiger charge is 2.30. The number of thiazole rings is 1. The minimum atomic E-state index is -0.414. The van der Waals surface area contributed by atoms with Crippen LogP contribution < -0.4 is 10.5 Å². The molecular weight excluding hydrogens is 396 g/mol. The van der Waals surface area contributed by atoms with Gasteiger partial charge < -0.3 is 14.4 Å². The molecule has 5 nitrogen and oxygen atoms in total. The minimum absolute atomic E-state index is 0.189. The predicted octanol–water partition coefficient (Wildman–Crippen LogP) is 3.98. The number of hydrogen-bond donors (Lipinski definition) is 2. The summed E-state index contributed by atoms with van der Waals surface area (Å²) in [4.78, 5) is 18.9. The number of aromatic nitrogens is 1. The van der Waals surface area contributed by atoms with Crippen LogP contribution in [0.2, 0.25) is 0 Å². The standard InChI is InChI=1S/C24H24N2O3S/c1-24(2)10-5-11-26(14-24)13-17-19(27)9-8-15-12-16(23(28)29-21(15)17)22-25-18-6-3-4-7-20(18)30-22/h3-4,6-9,12,27H,5,10-11,13-14H2,1-2H3/p+1. The van der Waals surface area contributed by atoms with Crippen LogP contribution >= 0.6 is 11.3 Å². The Morgan fingerprint density at radius 3 is 2.87 bits per heavy atom. The van der Waals surface area contributed by atoms with E-state index in [-0.39, 0.29) is 11.2 Å². The van der Waals surface area contributed by atoms with Crippen LogP contribution in [0.4, 0.5) is 0 Å². The zero-order valence-corrected chi connectivity index (χ0v) is 18.0.